The van der Waals surface area contributed by atoms with Crippen LogP contribution in [0.5, 0.6) is 0 Å². The highest BCUT2D eigenvalue weighted by Crippen LogP contribution is 2.26. The highest BCUT2D eigenvalue weighted by atomic mass is 32.1. The predicted octanol–water partition coefficient (Wildman–Crippen LogP) is 3.67. The van der Waals surface area contributed by atoms with E-state index in [1.807, 2.05) is 37.4 Å². The Labute approximate surface area is 119 Å². The van der Waals surface area contributed by atoms with Gasteiger partial charge < -0.3 is 5.11 Å². The second kappa shape index (κ2) is 4.68. The lowest BCUT2D eigenvalue weighted by Gasteiger charge is -2.06. The molecule has 100 valence electrons. The molecule has 0 aliphatic carbocycles. The van der Waals surface area contributed by atoms with Crippen molar-refractivity contribution in [2.24, 2.45) is 0 Å². The van der Waals surface area contributed by atoms with Crippen LogP contribution in [0.1, 0.15) is 20.9 Å². The number of carbonyl (C=O) groups is 1. The molecule has 2 heterocycles. The molecule has 0 amide bonds. The Morgan fingerprint density at radius 3 is 2.60 bits per heavy atom. The van der Waals surface area contributed by atoms with Gasteiger partial charge in [-0.15, -0.1) is 11.3 Å². The molecule has 0 spiro atoms. The molecule has 0 aliphatic rings. The molecule has 0 atom stereocenters. The topological polar surface area (TPSA) is 63.1 Å². The molecule has 0 fully saturated rings. The number of carboxylic acid groups (broad SMARTS) is 1. The van der Waals surface area contributed by atoms with E-state index >= 15 is 0 Å². The van der Waals surface area contributed by atoms with E-state index in [1.165, 1.54) is 11.3 Å². The van der Waals surface area contributed by atoms with Gasteiger partial charge in [0.2, 0.25) is 0 Å². The molecule has 20 heavy (non-hydrogen) atoms. The molecule has 2 aromatic heterocycles. The van der Waals surface area contributed by atoms with E-state index in [0.29, 0.717) is 16.6 Å². The van der Waals surface area contributed by atoms with Gasteiger partial charge in [0.15, 0.2) is 0 Å². The average Bonchev–Trinajstić information content (AvgIpc) is 2.84. The predicted molar refractivity (Wildman–Crippen MR) is 79.3 cm³/mol. The van der Waals surface area contributed by atoms with E-state index in [-0.39, 0.29) is 5.56 Å². The Morgan fingerprint density at radius 1 is 1.15 bits per heavy atom. The van der Waals surface area contributed by atoms with Crippen molar-refractivity contribution in [3.8, 4) is 11.4 Å². The lowest BCUT2D eigenvalue weighted by atomic mass is 10.0. The summed E-state index contributed by atoms with van der Waals surface area (Å²) in [5, 5.41) is 12.9. The zero-order valence-electron chi connectivity index (χ0n) is 11.0. The number of carboxylic acids is 1. The molecule has 0 unspecified atom stereocenters. The molecule has 0 aliphatic heterocycles. The number of benzene rings is 1. The normalized spacial score (nSPS) is 10.9. The quantitative estimate of drug-likeness (QED) is 0.779. The summed E-state index contributed by atoms with van der Waals surface area (Å²) in [4.78, 5) is 20.4. The first-order valence-electron chi connectivity index (χ1n) is 6.12. The maximum atomic E-state index is 11.5. The molecule has 1 aromatic carbocycles. The first-order valence-corrected chi connectivity index (χ1v) is 7.00. The summed E-state index contributed by atoms with van der Waals surface area (Å²) in [6.45, 7) is 3.85. The van der Waals surface area contributed by atoms with Gasteiger partial charge in [-0.25, -0.2) is 14.8 Å². The summed E-state index contributed by atoms with van der Waals surface area (Å²) in [5.74, 6) is -0.948. The summed E-state index contributed by atoms with van der Waals surface area (Å²) in [6, 6.07) is 7.22. The first kappa shape index (κ1) is 12.7. The fraction of sp³-hybridized carbons (Fsp3) is 0.133. The fourth-order valence-corrected chi connectivity index (χ4v) is 2.74. The van der Waals surface area contributed by atoms with Gasteiger partial charge in [0.25, 0.3) is 0 Å². The molecule has 0 bridgehead atoms. The highest BCUT2D eigenvalue weighted by molar-refractivity contribution is 7.09. The van der Waals surface area contributed by atoms with Crippen molar-refractivity contribution in [1.29, 1.82) is 0 Å². The number of aromatic nitrogens is 2. The van der Waals surface area contributed by atoms with Gasteiger partial charge in [0, 0.05) is 10.8 Å². The van der Waals surface area contributed by atoms with E-state index in [1.54, 1.807) is 6.07 Å². The van der Waals surface area contributed by atoms with Gasteiger partial charge in [-0.1, -0.05) is 11.6 Å². The summed E-state index contributed by atoms with van der Waals surface area (Å²) in [5.41, 5.74) is 3.27. The van der Waals surface area contributed by atoms with Crippen molar-refractivity contribution >= 4 is 28.2 Å². The molecule has 0 saturated carbocycles. The minimum absolute atomic E-state index is 0.263. The van der Waals surface area contributed by atoms with Crippen molar-refractivity contribution in [3.63, 3.8) is 0 Å². The smallest absolute Gasteiger partial charge is 0.336 e. The minimum atomic E-state index is -0.948. The van der Waals surface area contributed by atoms with Gasteiger partial charge >= 0.3 is 5.97 Å². The third-order valence-corrected chi connectivity index (χ3v) is 3.85. The second-order valence-electron chi connectivity index (χ2n) is 4.63. The summed E-state index contributed by atoms with van der Waals surface area (Å²) in [7, 11) is 0. The molecular formula is C15H12N2O2S. The number of nitrogens with zero attached hydrogens (tertiary/aromatic N) is 2. The van der Waals surface area contributed by atoms with Crippen LogP contribution in [0.4, 0.5) is 0 Å². The standard InChI is InChI=1S/C15H12N2O2S/c1-8-3-4-12-10(5-8)11(15(18)19)6-13(17-12)14-7-20-9(2)16-14/h3-7H,1-2H3,(H,18,19). The van der Waals surface area contributed by atoms with Crippen LogP contribution in [0.25, 0.3) is 22.3 Å². The van der Waals surface area contributed by atoms with Gasteiger partial charge in [0.05, 0.1) is 27.5 Å². The lowest BCUT2D eigenvalue weighted by Crippen LogP contribution is -2.00. The van der Waals surface area contributed by atoms with Crippen molar-refractivity contribution in [1.82, 2.24) is 9.97 Å². The zero-order valence-corrected chi connectivity index (χ0v) is 11.9. The number of hydrogen-bond acceptors (Lipinski definition) is 4. The van der Waals surface area contributed by atoms with Gasteiger partial charge in [-0.2, -0.15) is 0 Å². The Hall–Kier alpha value is -2.27. The Kier molecular flexibility index (Phi) is 2.99. The van der Waals surface area contributed by atoms with Crippen molar-refractivity contribution < 1.29 is 9.90 Å². The summed E-state index contributed by atoms with van der Waals surface area (Å²) in [6.07, 6.45) is 0. The van der Waals surface area contributed by atoms with E-state index < -0.39 is 5.97 Å². The van der Waals surface area contributed by atoms with E-state index in [9.17, 15) is 9.90 Å². The van der Waals surface area contributed by atoms with Crippen LogP contribution >= 0.6 is 11.3 Å². The second-order valence-corrected chi connectivity index (χ2v) is 5.69. The Morgan fingerprint density at radius 2 is 1.95 bits per heavy atom. The van der Waals surface area contributed by atoms with Crippen LogP contribution in [0.15, 0.2) is 29.6 Å². The number of aryl methyl sites for hydroxylation is 2. The van der Waals surface area contributed by atoms with Crippen LogP contribution in [0.2, 0.25) is 0 Å². The van der Waals surface area contributed by atoms with Gasteiger partial charge in [-0.3, -0.25) is 0 Å². The van der Waals surface area contributed by atoms with Crippen molar-refractivity contribution in [2.45, 2.75) is 13.8 Å². The minimum Gasteiger partial charge on any atom is -0.478 e. The Balaban J connectivity index is 2.31. The van der Waals surface area contributed by atoms with Crippen LogP contribution in [-0.4, -0.2) is 21.0 Å². The number of fused-ring (bicyclic) bond motifs is 1. The zero-order chi connectivity index (χ0) is 14.3. The van der Waals surface area contributed by atoms with Crippen LogP contribution in [0, 0.1) is 13.8 Å². The molecule has 3 rings (SSSR count). The average molecular weight is 284 g/mol. The van der Waals surface area contributed by atoms with Crippen molar-refractivity contribution in [3.05, 3.63) is 45.8 Å². The van der Waals surface area contributed by atoms with Gasteiger partial charge in [0.1, 0.15) is 0 Å². The number of rotatable bonds is 2. The maximum Gasteiger partial charge on any atom is 0.336 e. The van der Waals surface area contributed by atoms with Gasteiger partial charge in [-0.05, 0) is 32.0 Å². The number of thiazole rings is 1. The highest BCUT2D eigenvalue weighted by Gasteiger charge is 2.14. The van der Waals surface area contributed by atoms with Crippen LogP contribution in [-0.2, 0) is 0 Å². The fourth-order valence-electron chi connectivity index (χ4n) is 2.13. The number of pyridine rings is 1. The van der Waals surface area contributed by atoms with E-state index in [2.05, 4.69) is 9.97 Å². The van der Waals surface area contributed by atoms with Crippen LogP contribution < -0.4 is 0 Å². The molecule has 3 aromatic rings. The molecule has 4 nitrogen and oxygen atoms in total. The third kappa shape index (κ3) is 2.16. The monoisotopic (exact) mass is 284 g/mol. The first-order chi connectivity index (χ1) is 9.54. The lowest BCUT2D eigenvalue weighted by molar-refractivity contribution is 0.0699. The molecule has 0 saturated heterocycles. The van der Waals surface area contributed by atoms with E-state index in [4.69, 9.17) is 0 Å². The van der Waals surface area contributed by atoms with Crippen molar-refractivity contribution in [2.75, 3.05) is 0 Å². The molecule has 0 radical (unpaired) electrons. The third-order valence-electron chi connectivity index (χ3n) is 3.08. The SMILES string of the molecule is Cc1ccc2nc(-c3csc(C)n3)cc(C(=O)O)c2c1. The Bertz CT molecular complexity index is 824. The maximum absolute atomic E-state index is 11.5. The number of aromatic carboxylic acids is 1. The number of hydrogen-bond donors (Lipinski definition) is 1. The molecule has 5 heteroatoms. The summed E-state index contributed by atoms with van der Waals surface area (Å²) >= 11 is 1.52. The summed E-state index contributed by atoms with van der Waals surface area (Å²) < 4.78 is 0. The largest absolute Gasteiger partial charge is 0.478 e. The molecular weight excluding hydrogens is 272 g/mol. The van der Waals surface area contributed by atoms with Crippen LogP contribution in [0.3, 0.4) is 0 Å². The van der Waals surface area contributed by atoms with E-state index in [0.717, 1.165) is 16.3 Å². The molecule has 1 N–H and O–H groups in total.